The summed E-state index contributed by atoms with van der Waals surface area (Å²) in [6.07, 6.45) is 1.49. The number of anilines is 2. The first-order valence-corrected chi connectivity index (χ1v) is 11.0. The minimum Gasteiger partial charge on any atom is -0.497 e. The van der Waals surface area contributed by atoms with Crippen molar-refractivity contribution in [1.82, 2.24) is 5.32 Å². The molecule has 2 aliphatic heterocycles. The lowest BCUT2D eigenvalue weighted by Crippen LogP contribution is -2.52. The van der Waals surface area contributed by atoms with Gasteiger partial charge in [0.05, 0.1) is 13.0 Å². The molecule has 6 nitrogen and oxygen atoms in total. The zero-order valence-electron chi connectivity index (χ0n) is 17.3. The highest BCUT2D eigenvalue weighted by Gasteiger charge is 2.60. The fraction of sp³-hybridized carbons (Fsp3) is 0.391. The van der Waals surface area contributed by atoms with E-state index in [2.05, 4.69) is 45.7 Å². The van der Waals surface area contributed by atoms with Gasteiger partial charge in [-0.1, -0.05) is 29.8 Å². The first-order valence-electron chi connectivity index (χ1n) is 10.2. The average Bonchev–Trinajstić information content (AvgIpc) is 3.21. The Bertz CT molecular complexity index is 976. The lowest BCUT2D eigenvalue weighted by molar-refractivity contribution is -0.130. The molecule has 1 fully saturated rings. The van der Waals surface area contributed by atoms with E-state index in [1.54, 1.807) is 31.4 Å². The van der Waals surface area contributed by atoms with Gasteiger partial charge in [0.1, 0.15) is 11.3 Å². The SMILES string of the molecule is COc1ccc(NC(=O)[C@H]2C[C@@H](CC(C)C)N[C@]23C(=O)Nc2ccc(Br)cc23)cc1. The van der Waals surface area contributed by atoms with Crippen molar-refractivity contribution in [3.05, 3.63) is 52.5 Å². The van der Waals surface area contributed by atoms with Crippen molar-refractivity contribution in [3.63, 3.8) is 0 Å². The van der Waals surface area contributed by atoms with Gasteiger partial charge < -0.3 is 15.4 Å². The minimum atomic E-state index is -1.07. The number of halogens is 1. The molecule has 30 heavy (non-hydrogen) atoms. The minimum absolute atomic E-state index is 0.0762. The van der Waals surface area contributed by atoms with Gasteiger partial charge in [0.25, 0.3) is 0 Å². The van der Waals surface area contributed by atoms with Crippen LogP contribution >= 0.6 is 15.9 Å². The molecule has 158 valence electrons. The van der Waals surface area contributed by atoms with Crippen molar-refractivity contribution in [2.75, 3.05) is 17.7 Å². The molecule has 7 heteroatoms. The van der Waals surface area contributed by atoms with E-state index in [9.17, 15) is 9.59 Å². The number of nitrogens with one attached hydrogen (secondary N) is 3. The number of rotatable bonds is 5. The van der Waals surface area contributed by atoms with Crippen LogP contribution in [-0.4, -0.2) is 25.0 Å². The topological polar surface area (TPSA) is 79.5 Å². The normalized spacial score (nSPS) is 24.8. The van der Waals surface area contributed by atoms with Gasteiger partial charge in [-0.15, -0.1) is 0 Å². The average molecular weight is 472 g/mol. The Morgan fingerprint density at radius 3 is 2.67 bits per heavy atom. The van der Waals surface area contributed by atoms with Crippen LogP contribution in [0, 0.1) is 11.8 Å². The van der Waals surface area contributed by atoms with Gasteiger partial charge >= 0.3 is 0 Å². The summed E-state index contributed by atoms with van der Waals surface area (Å²) in [5, 5.41) is 9.53. The van der Waals surface area contributed by atoms with Gasteiger partial charge in [0.15, 0.2) is 0 Å². The van der Waals surface area contributed by atoms with Gasteiger partial charge in [-0.3, -0.25) is 14.9 Å². The van der Waals surface area contributed by atoms with E-state index in [1.165, 1.54) is 0 Å². The molecular weight excluding hydrogens is 446 g/mol. The molecule has 1 spiro atoms. The molecule has 1 saturated heterocycles. The highest BCUT2D eigenvalue weighted by Crippen LogP contribution is 2.48. The van der Waals surface area contributed by atoms with Crippen molar-refractivity contribution in [2.24, 2.45) is 11.8 Å². The maximum Gasteiger partial charge on any atom is 0.250 e. The molecule has 0 unspecified atom stereocenters. The number of fused-ring (bicyclic) bond motifs is 2. The predicted molar refractivity (Wildman–Crippen MR) is 121 cm³/mol. The van der Waals surface area contributed by atoms with Crippen LogP contribution in [-0.2, 0) is 15.1 Å². The van der Waals surface area contributed by atoms with E-state index < -0.39 is 11.5 Å². The number of ether oxygens (including phenoxy) is 1. The summed E-state index contributed by atoms with van der Waals surface area (Å²) in [6.45, 7) is 4.30. The molecule has 2 amide bonds. The molecule has 2 aromatic rings. The summed E-state index contributed by atoms with van der Waals surface area (Å²) in [4.78, 5) is 26.7. The van der Waals surface area contributed by atoms with Crippen LogP contribution in [0.5, 0.6) is 5.75 Å². The first kappa shape index (κ1) is 20.9. The van der Waals surface area contributed by atoms with Crippen LogP contribution in [0.4, 0.5) is 11.4 Å². The van der Waals surface area contributed by atoms with Crippen molar-refractivity contribution in [1.29, 1.82) is 0 Å². The second-order valence-corrected chi connectivity index (χ2v) is 9.34. The molecule has 3 N–H and O–H groups in total. The van der Waals surface area contributed by atoms with Crippen molar-refractivity contribution in [2.45, 2.75) is 38.3 Å². The number of methoxy groups -OCH3 is 1. The molecule has 2 aromatic carbocycles. The number of carbonyl (C=O) groups is 2. The maximum atomic E-state index is 13.4. The Hall–Kier alpha value is -2.38. The summed E-state index contributed by atoms with van der Waals surface area (Å²) in [5.41, 5.74) is 1.18. The number of carbonyl (C=O) groups excluding carboxylic acids is 2. The fourth-order valence-corrected chi connectivity index (χ4v) is 5.02. The number of hydrogen-bond donors (Lipinski definition) is 3. The van der Waals surface area contributed by atoms with Crippen LogP contribution in [0.3, 0.4) is 0 Å². The second kappa shape index (κ2) is 8.04. The fourth-order valence-electron chi connectivity index (χ4n) is 4.66. The standard InChI is InChI=1S/C23H26BrN3O3/c1-13(2)10-16-12-19(21(28)25-15-5-7-17(30-3)8-6-15)23(27-16)18-11-14(24)4-9-20(18)26-22(23)29/h4-9,11,13,16,19,27H,10,12H2,1-3H3,(H,25,28)(H,26,29)/t16-,19-,23+/m1/s1. The molecule has 0 aliphatic carbocycles. The number of amides is 2. The lowest BCUT2D eigenvalue weighted by Gasteiger charge is -2.29. The highest BCUT2D eigenvalue weighted by atomic mass is 79.9. The Labute approximate surface area is 184 Å². The Balaban J connectivity index is 1.69. The van der Waals surface area contributed by atoms with E-state index in [-0.39, 0.29) is 17.9 Å². The van der Waals surface area contributed by atoms with Gasteiger partial charge in [-0.2, -0.15) is 0 Å². The Kier molecular flexibility index (Phi) is 5.59. The third-order valence-electron chi connectivity index (χ3n) is 5.92. The molecule has 3 atom stereocenters. The van der Waals surface area contributed by atoms with E-state index in [1.807, 2.05) is 18.2 Å². The number of hydrogen-bond acceptors (Lipinski definition) is 4. The van der Waals surface area contributed by atoms with E-state index in [0.717, 1.165) is 27.9 Å². The zero-order valence-corrected chi connectivity index (χ0v) is 18.9. The third-order valence-corrected chi connectivity index (χ3v) is 6.41. The van der Waals surface area contributed by atoms with Crippen LogP contribution in [0.15, 0.2) is 46.9 Å². The van der Waals surface area contributed by atoms with Crippen LogP contribution < -0.4 is 20.7 Å². The molecule has 0 bridgehead atoms. The highest BCUT2D eigenvalue weighted by molar-refractivity contribution is 9.10. The first-order chi connectivity index (χ1) is 14.3. The van der Waals surface area contributed by atoms with Crippen molar-refractivity contribution < 1.29 is 14.3 Å². The van der Waals surface area contributed by atoms with Crippen molar-refractivity contribution >= 4 is 39.1 Å². The van der Waals surface area contributed by atoms with Crippen LogP contribution in [0.2, 0.25) is 0 Å². The molecule has 4 rings (SSSR count). The summed E-state index contributed by atoms with van der Waals surface area (Å²) in [6, 6.07) is 13.0. The smallest absolute Gasteiger partial charge is 0.250 e. The maximum absolute atomic E-state index is 13.4. The second-order valence-electron chi connectivity index (χ2n) is 8.43. The van der Waals surface area contributed by atoms with E-state index >= 15 is 0 Å². The summed E-state index contributed by atoms with van der Waals surface area (Å²) in [7, 11) is 1.60. The molecule has 0 saturated carbocycles. The van der Waals surface area contributed by atoms with Gasteiger partial charge in [-0.25, -0.2) is 0 Å². The van der Waals surface area contributed by atoms with Crippen LogP contribution in [0.25, 0.3) is 0 Å². The quantitative estimate of drug-likeness (QED) is 0.608. The zero-order chi connectivity index (χ0) is 21.5. The number of benzene rings is 2. The van der Waals surface area contributed by atoms with Crippen LogP contribution in [0.1, 0.15) is 32.3 Å². The summed E-state index contributed by atoms with van der Waals surface area (Å²) < 4.78 is 6.06. The van der Waals surface area contributed by atoms with Gasteiger partial charge in [0.2, 0.25) is 11.8 Å². The Morgan fingerprint density at radius 1 is 1.27 bits per heavy atom. The largest absolute Gasteiger partial charge is 0.497 e. The van der Waals surface area contributed by atoms with Gasteiger partial charge in [0, 0.05) is 27.5 Å². The van der Waals surface area contributed by atoms with Gasteiger partial charge in [-0.05, 0) is 61.2 Å². The molecule has 2 aliphatic rings. The molecular formula is C23H26BrN3O3. The monoisotopic (exact) mass is 471 g/mol. The molecule has 2 heterocycles. The lowest BCUT2D eigenvalue weighted by atomic mass is 9.79. The molecule has 0 radical (unpaired) electrons. The van der Waals surface area contributed by atoms with E-state index in [4.69, 9.17) is 4.74 Å². The molecule has 0 aromatic heterocycles. The van der Waals surface area contributed by atoms with E-state index in [0.29, 0.717) is 18.0 Å². The predicted octanol–water partition coefficient (Wildman–Crippen LogP) is 4.27. The summed E-state index contributed by atoms with van der Waals surface area (Å²) in [5.74, 6) is 0.310. The van der Waals surface area contributed by atoms with Crippen molar-refractivity contribution in [3.8, 4) is 5.75 Å². The Morgan fingerprint density at radius 2 is 2.00 bits per heavy atom. The third kappa shape index (κ3) is 3.61. The summed E-state index contributed by atoms with van der Waals surface area (Å²) >= 11 is 3.52.